The number of aromatic nitrogens is 2. The molecule has 1 aromatic heterocycles. The molecule has 0 aliphatic carbocycles. The van der Waals surface area contributed by atoms with Crippen LogP contribution >= 0.6 is 15.9 Å². The molecular formula is C21H25BrN6O5. The van der Waals surface area contributed by atoms with Crippen molar-refractivity contribution in [1.82, 2.24) is 19.8 Å². The van der Waals surface area contributed by atoms with Crippen molar-refractivity contribution in [1.29, 1.82) is 0 Å². The summed E-state index contributed by atoms with van der Waals surface area (Å²) in [5.74, 6) is 0.420. The first-order valence-electron chi connectivity index (χ1n) is 10.7. The number of nitrogens with zero attached hydrogens (tertiary/aromatic N) is 5. The van der Waals surface area contributed by atoms with Crippen LogP contribution in [0.4, 0.5) is 11.6 Å². The molecule has 1 aromatic carbocycles. The van der Waals surface area contributed by atoms with Crippen molar-refractivity contribution < 1.29 is 19.2 Å². The number of nitro benzene ring substituents is 1. The number of benzene rings is 1. The van der Waals surface area contributed by atoms with Gasteiger partial charge in [-0.05, 0) is 28.4 Å². The van der Waals surface area contributed by atoms with Crippen LogP contribution in [0.25, 0.3) is 0 Å². The largest absolute Gasteiger partial charge is 0.485 e. The molecule has 2 saturated heterocycles. The van der Waals surface area contributed by atoms with Crippen molar-refractivity contribution in [2.75, 3.05) is 57.9 Å². The third kappa shape index (κ3) is 6.15. The number of ether oxygens (including phenoxy) is 2. The number of likely N-dealkylation sites (tertiary alicyclic amines) is 1. The lowest BCUT2D eigenvalue weighted by molar-refractivity contribution is -0.385. The number of halogens is 1. The molecule has 1 amide bonds. The number of carbonyl (C=O) groups excluding carboxylic acids is 1. The molecule has 2 fully saturated rings. The summed E-state index contributed by atoms with van der Waals surface area (Å²) in [5, 5.41) is 14.7. The highest BCUT2D eigenvalue weighted by Crippen LogP contribution is 2.29. The number of carbonyl (C=O) groups is 1. The van der Waals surface area contributed by atoms with Crippen molar-refractivity contribution in [2.45, 2.75) is 12.5 Å². The molecule has 4 rings (SSSR count). The monoisotopic (exact) mass is 520 g/mol. The van der Waals surface area contributed by atoms with Gasteiger partial charge in [0.25, 0.3) is 5.91 Å². The molecule has 1 N–H and O–H groups in total. The van der Waals surface area contributed by atoms with Gasteiger partial charge < -0.3 is 19.7 Å². The first kappa shape index (κ1) is 23.3. The summed E-state index contributed by atoms with van der Waals surface area (Å²) in [4.78, 5) is 36.3. The van der Waals surface area contributed by atoms with Crippen LogP contribution in [-0.4, -0.2) is 89.2 Å². The highest BCUT2D eigenvalue weighted by Gasteiger charge is 2.29. The number of nitro groups is 1. The maximum Gasteiger partial charge on any atom is 0.310 e. The molecule has 12 heteroatoms. The minimum atomic E-state index is -0.494. The second kappa shape index (κ2) is 10.9. The Bertz CT molecular complexity index is 986. The van der Waals surface area contributed by atoms with Crippen LogP contribution in [0.2, 0.25) is 0 Å². The maximum absolute atomic E-state index is 13.1. The standard InChI is InChI=1S/C21H25BrN6O5/c22-16-12-23-21(24-13-16)25-17-3-4-27(14-17)20(29)15-1-2-18(28(30)31)19(11-15)33-10-7-26-5-8-32-9-6-26/h1-2,11-13,17H,3-10,14H2,(H,23,24,25). The minimum absolute atomic E-state index is 0.0254. The van der Waals surface area contributed by atoms with Gasteiger partial charge in [-0.25, -0.2) is 9.97 Å². The SMILES string of the molecule is O=C(c1ccc([N+](=O)[O-])c(OCCN2CCOCC2)c1)N1CCC(Nc2ncc(Br)cn2)C1. The van der Waals surface area contributed by atoms with E-state index in [1.165, 1.54) is 18.2 Å². The van der Waals surface area contributed by atoms with E-state index >= 15 is 0 Å². The first-order valence-corrected chi connectivity index (χ1v) is 11.5. The van der Waals surface area contributed by atoms with E-state index in [0.29, 0.717) is 51.0 Å². The molecule has 2 aromatic rings. The van der Waals surface area contributed by atoms with Gasteiger partial charge in [0.05, 0.1) is 22.6 Å². The number of nitrogens with one attached hydrogen (secondary N) is 1. The van der Waals surface area contributed by atoms with Gasteiger partial charge in [0.15, 0.2) is 5.75 Å². The Morgan fingerprint density at radius 1 is 1.27 bits per heavy atom. The Morgan fingerprint density at radius 2 is 2.03 bits per heavy atom. The Balaban J connectivity index is 1.37. The van der Waals surface area contributed by atoms with Crippen LogP contribution in [0.3, 0.4) is 0 Å². The van der Waals surface area contributed by atoms with Crippen molar-refractivity contribution in [3.8, 4) is 5.75 Å². The van der Waals surface area contributed by atoms with Gasteiger partial charge in [0.1, 0.15) is 6.61 Å². The lowest BCUT2D eigenvalue weighted by Crippen LogP contribution is -2.38. The quantitative estimate of drug-likeness (QED) is 0.411. The average molecular weight is 521 g/mol. The van der Waals surface area contributed by atoms with E-state index in [4.69, 9.17) is 9.47 Å². The molecule has 0 saturated carbocycles. The number of hydrogen-bond donors (Lipinski definition) is 1. The second-order valence-electron chi connectivity index (χ2n) is 7.85. The molecule has 33 heavy (non-hydrogen) atoms. The topological polar surface area (TPSA) is 123 Å². The summed E-state index contributed by atoms with van der Waals surface area (Å²) in [6.45, 7) is 4.93. The zero-order valence-corrected chi connectivity index (χ0v) is 19.6. The minimum Gasteiger partial charge on any atom is -0.485 e. The highest BCUT2D eigenvalue weighted by molar-refractivity contribution is 9.10. The second-order valence-corrected chi connectivity index (χ2v) is 8.76. The first-order chi connectivity index (χ1) is 16.0. The van der Waals surface area contributed by atoms with E-state index in [9.17, 15) is 14.9 Å². The van der Waals surface area contributed by atoms with Gasteiger partial charge in [-0.1, -0.05) is 0 Å². The fraction of sp³-hybridized carbons (Fsp3) is 0.476. The molecule has 1 atom stereocenters. The van der Waals surface area contributed by atoms with Crippen LogP contribution in [-0.2, 0) is 4.74 Å². The maximum atomic E-state index is 13.1. The lowest BCUT2D eigenvalue weighted by Gasteiger charge is -2.26. The van der Waals surface area contributed by atoms with Crippen molar-refractivity contribution in [3.63, 3.8) is 0 Å². The number of morpholine rings is 1. The Morgan fingerprint density at radius 3 is 2.76 bits per heavy atom. The predicted molar refractivity (Wildman–Crippen MR) is 124 cm³/mol. The fourth-order valence-electron chi connectivity index (χ4n) is 3.84. The summed E-state index contributed by atoms with van der Waals surface area (Å²) in [6, 6.07) is 4.31. The van der Waals surface area contributed by atoms with Crippen LogP contribution in [0.5, 0.6) is 5.75 Å². The van der Waals surface area contributed by atoms with Gasteiger partial charge in [-0.2, -0.15) is 0 Å². The number of amides is 1. The van der Waals surface area contributed by atoms with E-state index in [0.717, 1.165) is 24.0 Å². The van der Waals surface area contributed by atoms with E-state index in [2.05, 4.69) is 36.1 Å². The van der Waals surface area contributed by atoms with Crippen LogP contribution in [0, 0.1) is 10.1 Å². The Kier molecular flexibility index (Phi) is 7.68. The molecule has 0 radical (unpaired) electrons. The third-order valence-electron chi connectivity index (χ3n) is 5.60. The van der Waals surface area contributed by atoms with E-state index < -0.39 is 4.92 Å². The van der Waals surface area contributed by atoms with Gasteiger partial charge >= 0.3 is 5.69 Å². The molecule has 0 bridgehead atoms. The van der Waals surface area contributed by atoms with E-state index in [1.54, 1.807) is 17.3 Å². The molecule has 2 aliphatic rings. The van der Waals surface area contributed by atoms with E-state index in [1.807, 2.05) is 0 Å². The lowest BCUT2D eigenvalue weighted by atomic mass is 10.1. The molecule has 11 nitrogen and oxygen atoms in total. The summed E-state index contributed by atoms with van der Waals surface area (Å²) >= 11 is 3.30. The van der Waals surface area contributed by atoms with Crippen LogP contribution in [0.1, 0.15) is 16.8 Å². The zero-order chi connectivity index (χ0) is 23.2. The van der Waals surface area contributed by atoms with Gasteiger partial charge in [0, 0.05) is 68.9 Å². The van der Waals surface area contributed by atoms with Gasteiger partial charge in [-0.15, -0.1) is 0 Å². The summed E-state index contributed by atoms with van der Waals surface area (Å²) < 4.78 is 11.9. The Labute approximate surface area is 199 Å². The smallest absolute Gasteiger partial charge is 0.310 e. The highest BCUT2D eigenvalue weighted by atomic mass is 79.9. The van der Waals surface area contributed by atoms with E-state index in [-0.39, 0.29) is 23.4 Å². The number of rotatable bonds is 8. The van der Waals surface area contributed by atoms with Gasteiger partial charge in [-0.3, -0.25) is 19.8 Å². The van der Waals surface area contributed by atoms with Crippen molar-refractivity contribution in [3.05, 3.63) is 50.7 Å². The molecule has 3 heterocycles. The molecule has 176 valence electrons. The van der Waals surface area contributed by atoms with Crippen LogP contribution in [0.15, 0.2) is 35.1 Å². The zero-order valence-electron chi connectivity index (χ0n) is 18.0. The number of hydrogen-bond acceptors (Lipinski definition) is 9. The normalized spacial score (nSPS) is 18.8. The number of anilines is 1. The summed E-state index contributed by atoms with van der Waals surface area (Å²) in [7, 11) is 0. The molecule has 1 unspecified atom stereocenters. The predicted octanol–water partition coefficient (Wildman–Crippen LogP) is 2.18. The Hall–Kier alpha value is -2.83. The van der Waals surface area contributed by atoms with Crippen molar-refractivity contribution in [2.24, 2.45) is 0 Å². The fourth-order valence-corrected chi connectivity index (χ4v) is 4.04. The summed E-state index contributed by atoms with van der Waals surface area (Å²) in [5.41, 5.74) is 0.212. The molecule has 0 spiro atoms. The molecule has 2 aliphatic heterocycles. The summed E-state index contributed by atoms with van der Waals surface area (Å²) in [6.07, 6.45) is 4.07. The average Bonchev–Trinajstić information content (AvgIpc) is 3.29. The van der Waals surface area contributed by atoms with Gasteiger partial charge in [0.2, 0.25) is 5.95 Å². The van der Waals surface area contributed by atoms with Crippen molar-refractivity contribution >= 4 is 33.5 Å². The third-order valence-corrected chi connectivity index (χ3v) is 6.01. The molecular weight excluding hydrogens is 496 g/mol. The van der Waals surface area contributed by atoms with Crippen LogP contribution < -0.4 is 10.1 Å².